The summed E-state index contributed by atoms with van der Waals surface area (Å²) in [7, 11) is 0. The van der Waals surface area contributed by atoms with Crippen molar-refractivity contribution < 1.29 is 13.7 Å². The quantitative estimate of drug-likeness (QED) is 0.606. The van der Waals surface area contributed by atoms with Crippen molar-refractivity contribution in [2.45, 2.75) is 6.54 Å². The summed E-state index contributed by atoms with van der Waals surface area (Å²) in [5, 5.41) is 6.53. The van der Waals surface area contributed by atoms with Crippen LogP contribution >= 0.6 is 0 Å². The molecule has 1 N–H and O–H groups in total. The average Bonchev–Trinajstić information content (AvgIpc) is 3.42. The van der Waals surface area contributed by atoms with Crippen LogP contribution in [0.2, 0.25) is 0 Å². The van der Waals surface area contributed by atoms with Crippen LogP contribution in [0.3, 0.4) is 0 Å². The molecule has 0 atom stereocenters. The fourth-order valence-corrected chi connectivity index (χ4v) is 2.38. The largest absolute Gasteiger partial charge is 0.467 e. The van der Waals surface area contributed by atoms with Crippen LogP contribution < -0.4 is 5.32 Å². The Hall–Kier alpha value is -3.61. The lowest BCUT2D eigenvalue weighted by molar-refractivity contribution is 0.0904. The summed E-state index contributed by atoms with van der Waals surface area (Å²) in [6.45, 7) is 0.259. The first-order valence-electron chi connectivity index (χ1n) is 7.68. The zero-order valence-corrected chi connectivity index (χ0v) is 13.1. The smallest absolute Gasteiger partial charge is 0.316 e. The highest BCUT2D eigenvalue weighted by molar-refractivity contribution is 5.89. The van der Waals surface area contributed by atoms with E-state index in [1.807, 2.05) is 53.4 Å². The number of hydrogen-bond donors (Lipinski definition) is 1. The van der Waals surface area contributed by atoms with Gasteiger partial charge in [0.1, 0.15) is 5.76 Å². The number of furan rings is 1. The van der Waals surface area contributed by atoms with Crippen LogP contribution in [-0.4, -0.2) is 20.6 Å². The van der Waals surface area contributed by atoms with E-state index in [0.29, 0.717) is 11.6 Å². The lowest BCUT2D eigenvalue weighted by Gasteiger charge is -2.02. The number of hydrogen-bond acceptors (Lipinski definition) is 5. The van der Waals surface area contributed by atoms with E-state index in [1.165, 1.54) is 0 Å². The van der Waals surface area contributed by atoms with Gasteiger partial charge < -0.3 is 18.8 Å². The van der Waals surface area contributed by atoms with Crippen molar-refractivity contribution in [1.29, 1.82) is 0 Å². The van der Waals surface area contributed by atoms with E-state index in [-0.39, 0.29) is 12.4 Å². The monoisotopic (exact) mass is 334 g/mol. The molecular formula is C18H14N4O3. The predicted octanol–water partition coefficient (Wildman–Crippen LogP) is 3.05. The standard InChI is InChI=1S/C18H14N4O3/c23-17(19-12-15-4-3-11-24-15)18-20-16(21-25-18)13-5-7-14(8-6-13)22-9-1-2-10-22/h1-11H,12H2,(H,19,23). The first-order chi connectivity index (χ1) is 12.3. The molecule has 0 aliphatic rings. The third-order valence-electron chi connectivity index (χ3n) is 3.65. The second-order valence-electron chi connectivity index (χ2n) is 5.32. The number of rotatable bonds is 5. The van der Waals surface area contributed by atoms with Gasteiger partial charge in [0.15, 0.2) is 0 Å². The second kappa shape index (κ2) is 6.48. The Morgan fingerprint density at radius 2 is 1.88 bits per heavy atom. The first kappa shape index (κ1) is 14.9. The highest BCUT2D eigenvalue weighted by Gasteiger charge is 2.16. The summed E-state index contributed by atoms with van der Waals surface area (Å²) in [6.07, 6.45) is 5.47. The van der Waals surface area contributed by atoms with Gasteiger partial charge in [-0.05, 0) is 48.5 Å². The number of benzene rings is 1. The summed E-state index contributed by atoms with van der Waals surface area (Å²) < 4.78 is 12.2. The Kier molecular flexibility index (Phi) is 3.88. The van der Waals surface area contributed by atoms with E-state index < -0.39 is 5.91 Å². The van der Waals surface area contributed by atoms with Gasteiger partial charge in [0.25, 0.3) is 0 Å². The van der Waals surface area contributed by atoms with Gasteiger partial charge >= 0.3 is 11.8 Å². The van der Waals surface area contributed by atoms with Gasteiger partial charge in [0, 0.05) is 23.6 Å². The van der Waals surface area contributed by atoms with Gasteiger partial charge in [-0.1, -0.05) is 5.16 Å². The topological polar surface area (TPSA) is 86.1 Å². The van der Waals surface area contributed by atoms with Gasteiger partial charge in [-0.3, -0.25) is 4.79 Å². The maximum Gasteiger partial charge on any atom is 0.316 e. The summed E-state index contributed by atoms with van der Waals surface area (Å²) >= 11 is 0. The van der Waals surface area contributed by atoms with Crippen molar-refractivity contribution in [3.63, 3.8) is 0 Å². The molecule has 0 spiro atoms. The minimum absolute atomic E-state index is 0.0870. The third-order valence-corrected chi connectivity index (χ3v) is 3.65. The van der Waals surface area contributed by atoms with E-state index >= 15 is 0 Å². The van der Waals surface area contributed by atoms with Crippen LogP contribution in [0.4, 0.5) is 0 Å². The van der Waals surface area contributed by atoms with Gasteiger partial charge in [-0.15, -0.1) is 0 Å². The lowest BCUT2D eigenvalue weighted by atomic mass is 10.2. The Morgan fingerprint density at radius 3 is 2.60 bits per heavy atom. The molecule has 4 aromatic rings. The Morgan fingerprint density at radius 1 is 1.08 bits per heavy atom. The number of amides is 1. The summed E-state index contributed by atoms with van der Waals surface area (Å²) in [5.41, 5.74) is 1.79. The van der Waals surface area contributed by atoms with Gasteiger partial charge in [-0.2, -0.15) is 4.98 Å². The molecule has 0 aliphatic heterocycles. The molecule has 1 aromatic carbocycles. The molecule has 0 radical (unpaired) electrons. The van der Waals surface area contributed by atoms with E-state index in [9.17, 15) is 4.79 Å². The predicted molar refractivity (Wildman–Crippen MR) is 88.9 cm³/mol. The summed E-state index contributed by atoms with van der Waals surface area (Å²) in [6, 6.07) is 15.1. The normalized spacial score (nSPS) is 10.7. The highest BCUT2D eigenvalue weighted by atomic mass is 16.5. The summed E-state index contributed by atoms with van der Waals surface area (Å²) in [4.78, 5) is 16.2. The molecule has 3 aromatic heterocycles. The Balaban J connectivity index is 1.46. The molecule has 1 amide bonds. The fraction of sp³-hybridized carbons (Fsp3) is 0.0556. The number of aromatic nitrogens is 3. The minimum atomic E-state index is -0.445. The van der Waals surface area contributed by atoms with Crippen LogP contribution in [0, 0.1) is 0 Å². The minimum Gasteiger partial charge on any atom is -0.467 e. The van der Waals surface area contributed by atoms with E-state index in [0.717, 1.165) is 11.3 Å². The molecule has 0 saturated heterocycles. The molecule has 0 fully saturated rings. The van der Waals surface area contributed by atoms with E-state index in [1.54, 1.807) is 18.4 Å². The number of carbonyl (C=O) groups excluding carboxylic acids is 1. The van der Waals surface area contributed by atoms with Crippen molar-refractivity contribution in [3.05, 3.63) is 78.8 Å². The molecule has 0 bridgehead atoms. The van der Waals surface area contributed by atoms with E-state index in [2.05, 4.69) is 15.5 Å². The Labute approximate surface area is 142 Å². The van der Waals surface area contributed by atoms with Gasteiger partial charge in [-0.25, -0.2) is 0 Å². The molecule has 4 rings (SSSR count). The fourth-order valence-electron chi connectivity index (χ4n) is 2.38. The van der Waals surface area contributed by atoms with Crippen molar-refractivity contribution in [2.75, 3.05) is 0 Å². The molecular weight excluding hydrogens is 320 g/mol. The van der Waals surface area contributed by atoms with Crippen molar-refractivity contribution in [1.82, 2.24) is 20.0 Å². The average molecular weight is 334 g/mol. The molecule has 25 heavy (non-hydrogen) atoms. The highest BCUT2D eigenvalue weighted by Crippen LogP contribution is 2.18. The van der Waals surface area contributed by atoms with Crippen molar-refractivity contribution in [2.24, 2.45) is 0 Å². The van der Waals surface area contributed by atoms with E-state index in [4.69, 9.17) is 8.94 Å². The molecule has 7 heteroatoms. The molecule has 3 heterocycles. The number of nitrogens with zero attached hydrogens (tertiary/aromatic N) is 3. The third kappa shape index (κ3) is 3.20. The maximum atomic E-state index is 12.0. The van der Waals surface area contributed by atoms with Crippen LogP contribution in [0.5, 0.6) is 0 Å². The van der Waals surface area contributed by atoms with Crippen molar-refractivity contribution >= 4 is 5.91 Å². The lowest BCUT2D eigenvalue weighted by Crippen LogP contribution is -2.22. The molecule has 0 saturated carbocycles. The first-order valence-corrected chi connectivity index (χ1v) is 7.68. The second-order valence-corrected chi connectivity index (χ2v) is 5.32. The van der Waals surface area contributed by atoms with Gasteiger partial charge in [0.05, 0.1) is 12.8 Å². The van der Waals surface area contributed by atoms with Gasteiger partial charge in [0.2, 0.25) is 5.82 Å². The zero-order chi connectivity index (χ0) is 17.1. The van der Waals surface area contributed by atoms with Crippen LogP contribution in [-0.2, 0) is 6.54 Å². The van der Waals surface area contributed by atoms with Crippen LogP contribution in [0.15, 0.2) is 76.1 Å². The van der Waals surface area contributed by atoms with Crippen molar-refractivity contribution in [3.8, 4) is 17.1 Å². The Bertz CT molecular complexity index is 954. The maximum absolute atomic E-state index is 12.0. The molecule has 0 unspecified atom stereocenters. The SMILES string of the molecule is O=C(NCc1ccco1)c1nc(-c2ccc(-n3cccc3)cc2)no1. The zero-order valence-electron chi connectivity index (χ0n) is 13.1. The molecule has 124 valence electrons. The molecule has 7 nitrogen and oxygen atoms in total. The number of carbonyl (C=O) groups is 1. The number of nitrogens with one attached hydrogen (secondary N) is 1. The molecule has 0 aliphatic carbocycles. The summed E-state index contributed by atoms with van der Waals surface area (Å²) in [5.74, 6) is 0.478. The van der Waals surface area contributed by atoms with Crippen LogP contribution in [0.25, 0.3) is 17.1 Å². The van der Waals surface area contributed by atoms with Crippen LogP contribution in [0.1, 0.15) is 16.4 Å².